The minimum absolute atomic E-state index is 0.0307. The highest BCUT2D eigenvalue weighted by Gasteiger charge is 2.41. The van der Waals surface area contributed by atoms with Gasteiger partial charge in [0.2, 0.25) is 82.7 Å². The van der Waals surface area contributed by atoms with Gasteiger partial charge in [-0.25, -0.2) is 9.59 Å². The lowest BCUT2D eigenvalue weighted by atomic mass is 9.96. The summed E-state index contributed by atoms with van der Waals surface area (Å²) in [6.07, 6.45) is -2.73. The summed E-state index contributed by atoms with van der Waals surface area (Å²) >= 11 is 0. The smallest absolute Gasteiger partial charge is 0.407 e. The number of anilines is 1. The Morgan fingerprint density at radius 1 is 0.587 bits per heavy atom. The molecule has 662 valence electrons. The summed E-state index contributed by atoms with van der Waals surface area (Å²) in [5.41, 5.74) is 12.3. The second kappa shape index (κ2) is 50.9. The average Bonchev–Trinajstić information content (AvgIpc) is 1.43. The molecular formula is C76H105N17O28. The first-order chi connectivity index (χ1) is 57.2. The molecule has 45 heteroatoms. The van der Waals surface area contributed by atoms with E-state index in [0.29, 0.717) is 29.3 Å². The molecule has 13 atom stereocenters. The molecule has 0 aliphatic carbocycles. The van der Waals surface area contributed by atoms with E-state index in [9.17, 15) is 126 Å². The zero-order valence-electron chi connectivity index (χ0n) is 66.8. The highest BCUT2D eigenvalue weighted by atomic mass is 16.6. The molecule has 15 amide bonds. The van der Waals surface area contributed by atoms with Crippen molar-refractivity contribution < 1.29 is 136 Å². The minimum atomic E-state index is -2.50. The van der Waals surface area contributed by atoms with Crippen molar-refractivity contribution in [3.05, 3.63) is 78.5 Å². The van der Waals surface area contributed by atoms with Crippen molar-refractivity contribution in [1.82, 2.24) is 79.4 Å². The van der Waals surface area contributed by atoms with Gasteiger partial charge >= 0.3 is 35.9 Å². The summed E-state index contributed by atoms with van der Waals surface area (Å²) in [6.45, 7) is 3.96. The van der Waals surface area contributed by atoms with Gasteiger partial charge in [-0.2, -0.15) is 0 Å². The van der Waals surface area contributed by atoms with E-state index in [-0.39, 0.29) is 43.7 Å². The van der Waals surface area contributed by atoms with Gasteiger partial charge < -0.3 is 126 Å². The lowest BCUT2D eigenvalue weighted by Gasteiger charge is -2.30. The number of nitrogen functional groups attached to an aromatic ring is 1. The number of ether oxygens (including phenoxy) is 2. The molecular weight excluding hydrogens is 1600 g/mol. The fourth-order valence-electron chi connectivity index (χ4n) is 12.1. The Hall–Kier alpha value is -13.6. The van der Waals surface area contributed by atoms with Crippen LogP contribution in [0.5, 0.6) is 0 Å². The van der Waals surface area contributed by atoms with E-state index in [1.807, 2.05) is 16.0 Å². The van der Waals surface area contributed by atoms with Gasteiger partial charge in [-0.15, -0.1) is 0 Å². The van der Waals surface area contributed by atoms with Crippen molar-refractivity contribution in [1.29, 1.82) is 0 Å². The third-order valence-corrected chi connectivity index (χ3v) is 18.4. The highest BCUT2D eigenvalue weighted by molar-refractivity contribution is 6.05. The number of aliphatic hydroxyl groups is 1. The van der Waals surface area contributed by atoms with Crippen LogP contribution in [0.4, 0.5) is 10.5 Å². The number of nitrogens with one attached hydrogen (secondary N) is 15. The highest BCUT2D eigenvalue weighted by Crippen LogP contribution is 2.22. The van der Waals surface area contributed by atoms with Crippen LogP contribution in [0.25, 0.3) is 10.9 Å². The number of hydrogen-bond acceptors (Lipinski definition) is 25. The van der Waals surface area contributed by atoms with Crippen LogP contribution in [0.1, 0.15) is 146 Å². The van der Waals surface area contributed by atoms with E-state index in [1.165, 1.54) is 30.3 Å². The first-order valence-corrected chi connectivity index (χ1v) is 38.5. The molecule has 0 spiro atoms. The lowest BCUT2D eigenvalue weighted by Crippen LogP contribution is -2.62. The van der Waals surface area contributed by atoms with Gasteiger partial charge in [0.25, 0.3) is 0 Å². The molecule has 1 saturated heterocycles. The number of carboxylic acid groups (broad SMARTS) is 4. The largest absolute Gasteiger partial charge is 0.481 e. The molecule has 2 heterocycles. The van der Waals surface area contributed by atoms with E-state index in [2.05, 4.69) is 77.0 Å². The van der Waals surface area contributed by atoms with Crippen molar-refractivity contribution in [2.45, 2.75) is 209 Å². The average molecular weight is 1700 g/mol. The number of aromatic amines is 1. The maximum atomic E-state index is 14.9. The molecule has 4 rings (SSSR count). The molecule has 1 fully saturated rings. The van der Waals surface area contributed by atoms with Crippen molar-refractivity contribution in [2.24, 2.45) is 11.7 Å². The monoisotopic (exact) mass is 1700 g/mol. The molecule has 45 nitrogen and oxygen atoms in total. The molecule has 3 aromatic rings. The van der Waals surface area contributed by atoms with E-state index in [1.54, 1.807) is 30.5 Å². The fraction of sp³-hybridized carbons (Fsp3) is 0.513. The maximum absolute atomic E-state index is 14.9. The predicted molar refractivity (Wildman–Crippen MR) is 421 cm³/mol. The number of aliphatic hydroxyl groups excluding tert-OH is 1. The lowest BCUT2D eigenvalue weighted by molar-refractivity contribution is -0.156. The number of fused-ring (bicyclic) bond motifs is 1. The zero-order valence-corrected chi connectivity index (χ0v) is 66.8. The van der Waals surface area contributed by atoms with Crippen LogP contribution >= 0.6 is 0 Å². The number of hydrogen-bond donors (Lipinski definition) is 22. The number of carbonyl (C=O) groups is 21. The summed E-state index contributed by atoms with van der Waals surface area (Å²) < 4.78 is 10.6. The summed E-state index contributed by atoms with van der Waals surface area (Å²) in [5.74, 6) is -30.3. The first-order valence-electron chi connectivity index (χ1n) is 38.5. The zero-order chi connectivity index (χ0) is 90.2. The molecule has 2 aromatic carbocycles. The van der Waals surface area contributed by atoms with Crippen LogP contribution in [-0.4, -0.2) is 260 Å². The normalized spacial score (nSPS) is 20.6. The predicted octanol–water partition coefficient (Wildman–Crippen LogP) is -4.67. The molecule has 1 aliphatic heterocycles. The molecule has 0 radical (unpaired) electrons. The van der Waals surface area contributed by atoms with Crippen LogP contribution in [0.15, 0.2) is 67.4 Å². The van der Waals surface area contributed by atoms with Crippen molar-refractivity contribution in [3.63, 3.8) is 0 Å². The number of primary amides is 1. The molecule has 1 unspecified atom stereocenters. The Labute approximate surface area is 691 Å². The van der Waals surface area contributed by atoms with Crippen LogP contribution in [-0.2, 0) is 107 Å². The molecule has 0 bridgehead atoms. The summed E-state index contributed by atoms with van der Waals surface area (Å²) in [7, 11) is 0. The number of ketones is 1. The van der Waals surface area contributed by atoms with Gasteiger partial charge in [0, 0.05) is 54.2 Å². The number of aliphatic carboxylic acids is 4. The van der Waals surface area contributed by atoms with Crippen molar-refractivity contribution in [2.75, 3.05) is 38.6 Å². The van der Waals surface area contributed by atoms with Gasteiger partial charge in [0.05, 0.1) is 51.8 Å². The van der Waals surface area contributed by atoms with Gasteiger partial charge in [0.1, 0.15) is 79.2 Å². The first kappa shape index (κ1) is 99.7. The molecule has 1 aromatic heterocycles. The summed E-state index contributed by atoms with van der Waals surface area (Å²) in [6, 6.07) is -11.1. The Morgan fingerprint density at radius 3 is 1.75 bits per heavy atom. The Balaban J connectivity index is 1.91. The second-order valence-corrected chi connectivity index (χ2v) is 28.3. The van der Waals surface area contributed by atoms with Crippen LogP contribution in [0.2, 0.25) is 0 Å². The number of unbranched alkanes of at least 4 members (excludes halogenated alkanes) is 6. The second-order valence-electron chi connectivity index (χ2n) is 28.3. The van der Waals surface area contributed by atoms with Crippen molar-refractivity contribution >= 4 is 141 Å². The minimum Gasteiger partial charge on any atom is -0.481 e. The number of rotatable bonds is 38. The number of carboxylic acids is 4. The van der Waals surface area contributed by atoms with Gasteiger partial charge in [-0.1, -0.05) is 95.4 Å². The number of esters is 1. The number of amides is 15. The maximum Gasteiger partial charge on any atom is 0.407 e. The molecule has 0 saturated carbocycles. The van der Waals surface area contributed by atoms with Gasteiger partial charge in [0.15, 0.2) is 5.78 Å². The number of alkyl carbamates (subject to hydrolysis) is 1. The van der Waals surface area contributed by atoms with Crippen LogP contribution in [0.3, 0.4) is 0 Å². The topological polar surface area (TPSA) is 714 Å². The number of para-hydroxylation sites is 2. The van der Waals surface area contributed by atoms with E-state index in [4.69, 9.17) is 20.9 Å². The van der Waals surface area contributed by atoms with Crippen molar-refractivity contribution in [3.8, 4) is 0 Å². The molecule has 24 N–H and O–H groups in total. The number of Topliss-reactive ketones (excluding diaryl/α,β-unsaturated/α-hetero) is 1. The Morgan fingerprint density at radius 2 is 1.14 bits per heavy atom. The van der Waals surface area contributed by atoms with Gasteiger partial charge in [-0.05, 0) is 62.8 Å². The number of nitrogens with two attached hydrogens (primary N) is 2. The Bertz CT molecular complexity index is 4270. The van der Waals surface area contributed by atoms with Crippen LogP contribution < -0.4 is 85.9 Å². The molecule has 1 aliphatic rings. The number of aromatic nitrogens is 1. The van der Waals surface area contributed by atoms with Gasteiger partial charge in [-0.3, -0.25) is 91.1 Å². The number of cyclic esters (lactones) is 1. The standard InChI is InChI=1S/C76H105N17O28/c1-6-8-9-10-11-12-13-24-56(97)85-47(28-41-34-80-45-22-17-15-19-42(41)45)69(112)88-48(30-55(78)96)70(113)90-51(33-62(106)107)71(114)93-64-40(5)121-75(118)52(29-54(95)43-20-14-16-21-44(43)77)91-74(117)63(38(3)27-59(100)101)92-72(115)53(37-94)86-58(99)35-81-66(109)49(31-60(102)103)87-65(108)39(4)83-68(111)50(32-61(104)105)89-67(110)46(84-57(98)36-82-73(64)116)23-18-25-79-76(119)120-26-7-2/h7,14-17,19-22,34,38-40,46-53,63-64,80,94H,2,6,8-13,18,23-33,35-37,77H2,1,3-5H3,(H2,78,96)(H,79,119)(H,81,109)(H,82,116)(H,83,111)(H,84,98)(H,85,97)(H,86,99)(H,87,108)(H,88,112)(H,89,110)(H,90,113)(H,91,117)(H,92,115)(H,93,114)(H,100,101)(H,102,103)(H,104,105)(H,106,107)/t38?,39-,40-,46+,47+,48-,49+,50+,51+,52+,53-,63+,64+/m1/s1. The number of carbonyl (C=O) groups excluding carboxylic acids is 17. The SMILES string of the molecule is C=CCOC(=O)NCCC[C@@H]1NC(=O)CNC(=O)[C@@H](NC(=O)[C@H](CC(=O)O)NC(=O)[C@@H](CC(N)=O)NC(=O)[C@H](Cc2c[nH]c3ccccc23)NC(=O)CCCCCCCCC)[C@@H](C)OC(=O)[C@H](CC(=O)c2ccccc2N)NC(=O)[C@H](C(C)CC(=O)O)NC(=O)[C@@H](CO)NC(=O)CNC(=O)[C@H](CC(=O)O)NC(=O)[C@@H](C)NC(=O)[C@H](CC(=O)O)NC1=O. The third kappa shape index (κ3) is 35.2. The number of benzene rings is 2. The quantitative estimate of drug-likeness (QED) is 0.00843. The summed E-state index contributed by atoms with van der Waals surface area (Å²) in [5, 5.41) is 81.1. The fourth-order valence-corrected chi connectivity index (χ4v) is 12.1. The number of H-pyrrole nitrogens is 1. The third-order valence-electron chi connectivity index (χ3n) is 18.4. The van der Waals surface area contributed by atoms with E-state index in [0.717, 1.165) is 52.9 Å². The Kier molecular flexibility index (Phi) is 41.9. The van der Waals surface area contributed by atoms with E-state index >= 15 is 0 Å². The van der Waals surface area contributed by atoms with Crippen LogP contribution in [0, 0.1) is 5.92 Å². The molecule has 121 heavy (non-hydrogen) atoms. The van der Waals surface area contributed by atoms with E-state index < -0.39 is 268 Å². The summed E-state index contributed by atoms with van der Waals surface area (Å²) in [4.78, 5) is 290.